The molecular formula is C18H21BN2O5. The zero-order valence-corrected chi connectivity index (χ0v) is 15.1. The Bertz CT molecular complexity index is 814. The fraction of sp³-hybridized carbons (Fsp3) is 0.444. The van der Waals surface area contributed by atoms with Crippen molar-refractivity contribution in [3.8, 4) is 17.4 Å². The van der Waals surface area contributed by atoms with Crippen molar-refractivity contribution in [3.05, 3.63) is 18.2 Å². The maximum absolute atomic E-state index is 11.7. The molecule has 2 atom stereocenters. The largest absolute Gasteiger partial charge is 0.497 e. The number of hydrogen-bond acceptors (Lipinski definition) is 7. The molecule has 0 amide bonds. The zero-order valence-electron chi connectivity index (χ0n) is 15.1. The third kappa shape index (κ3) is 3.70. The molecule has 136 valence electrons. The van der Waals surface area contributed by atoms with Crippen molar-refractivity contribution in [3.63, 3.8) is 0 Å². The Morgan fingerprint density at radius 3 is 2.81 bits per heavy atom. The van der Waals surface area contributed by atoms with Gasteiger partial charge in [0.2, 0.25) is 5.88 Å². The molecule has 7 nitrogen and oxygen atoms in total. The minimum Gasteiger partial charge on any atom is -0.497 e. The van der Waals surface area contributed by atoms with Crippen LogP contribution < -0.4 is 25.0 Å². The Labute approximate surface area is 153 Å². The molecule has 0 bridgehead atoms. The number of benzene rings is 1. The number of hydrogen-bond donors (Lipinski definition) is 1. The highest BCUT2D eigenvalue weighted by Gasteiger charge is 2.31. The van der Waals surface area contributed by atoms with Gasteiger partial charge >= 0.3 is 5.97 Å². The number of methoxy groups -OCH3 is 2. The van der Waals surface area contributed by atoms with Gasteiger partial charge in [0.25, 0.3) is 0 Å². The van der Waals surface area contributed by atoms with Crippen LogP contribution in [0, 0.1) is 0 Å². The minimum atomic E-state index is -0.366. The molecule has 1 aromatic heterocycles. The molecule has 0 unspecified atom stereocenters. The first-order chi connectivity index (χ1) is 12.5. The van der Waals surface area contributed by atoms with Crippen molar-refractivity contribution in [2.24, 2.45) is 0 Å². The van der Waals surface area contributed by atoms with Crippen LogP contribution in [0.1, 0.15) is 13.3 Å². The van der Waals surface area contributed by atoms with Crippen LogP contribution in [0.4, 0.5) is 0 Å². The number of carbonyl (C=O) groups is 1. The van der Waals surface area contributed by atoms with E-state index in [1.807, 2.05) is 6.92 Å². The van der Waals surface area contributed by atoms with Gasteiger partial charge in [0, 0.05) is 30.5 Å². The fourth-order valence-electron chi connectivity index (χ4n) is 3.01. The third-order valence-corrected chi connectivity index (χ3v) is 4.26. The Morgan fingerprint density at radius 1 is 1.31 bits per heavy atom. The molecule has 3 rings (SSSR count). The summed E-state index contributed by atoms with van der Waals surface area (Å²) in [6.45, 7) is 2.91. The van der Waals surface area contributed by atoms with Crippen molar-refractivity contribution in [2.75, 3.05) is 27.4 Å². The quantitative estimate of drug-likeness (QED) is 0.604. The van der Waals surface area contributed by atoms with E-state index in [4.69, 9.17) is 26.8 Å². The number of fused-ring (bicyclic) bond motifs is 1. The van der Waals surface area contributed by atoms with E-state index in [0.717, 1.165) is 5.39 Å². The number of nitrogens with zero attached hydrogens (tertiary/aromatic N) is 1. The van der Waals surface area contributed by atoms with Crippen LogP contribution in [0.5, 0.6) is 17.4 Å². The Morgan fingerprint density at radius 2 is 2.12 bits per heavy atom. The lowest BCUT2D eigenvalue weighted by molar-refractivity contribution is -0.142. The summed E-state index contributed by atoms with van der Waals surface area (Å²) in [6, 6.07) is 4.90. The van der Waals surface area contributed by atoms with Crippen molar-refractivity contribution in [1.82, 2.24) is 10.3 Å². The molecule has 1 aromatic carbocycles. The number of aromatic nitrogens is 1. The second-order valence-electron chi connectivity index (χ2n) is 5.96. The molecule has 0 aliphatic carbocycles. The molecule has 0 spiro atoms. The maximum Gasteiger partial charge on any atom is 0.323 e. The molecule has 1 aliphatic rings. The number of carbonyl (C=O) groups excluding carboxylic acids is 1. The van der Waals surface area contributed by atoms with E-state index in [2.05, 4.69) is 10.3 Å². The predicted molar refractivity (Wildman–Crippen MR) is 97.7 cm³/mol. The summed E-state index contributed by atoms with van der Waals surface area (Å²) >= 11 is 0. The molecule has 2 radical (unpaired) electrons. The van der Waals surface area contributed by atoms with Gasteiger partial charge in [0.05, 0.1) is 26.3 Å². The summed E-state index contributed by atoms with van der Waals surface area (Å²) < 4.78 is 21.7. The number of nitrogens with one attached hydrogen (secondary N) is 1. The Balaban J connectivity index is 1.93. The van der Waals surface area contributed by atoms with Gasteiger partial charge in [-0.05, 0) is 6.92 Å². The van der Waals surface area contributed by atoms with Gasteiger partial charge in [0.1, 0.15) is 31.5 Å². The van der Waals surface area contributed by atoms with Crippen LogP contribution in [-0.2, 0) is 9.53 Å². The van der Waals surface area contributed by atoms with E-state index in [1.165, 1.54) is 7.11 Å². The summed E-state index contributed by atoms with van der Waals surface area (Å²) in [4.78, 5) is 16.2. The van der Waals surface area contributed by atoms with Gasteiger partial charge in [-0.3, -0.25) is 4.79 Å². The first-order valence-electron chi connectivity index (χ1n) is 8.44. The number of pyridine rings is 1. The summed E-state index contributed by atoms with van der Waals surface area (Å²) in [5.74, 6) is 1.31. The van der Waals surface area contributed by atoms with Gasteiger partial charge in [-0.1, -0.05) is 11.5 Å². The van der Waals surface area contributed by atoms with Gasteiger partial charge in [-0.25, -0.2) is 4.98 Å². The van der Waals surface area contributed by atoms with E-state index in [1.54, 1.807) is 25.3 Å². The van der Waals surface area contributed by atoms with E-state index in [9.17, 15) is 4.79 Å². The SMILES string of the molecule is [B]c1cc2c(O[C@H]3CN[C@H](C(=O)OC)C3)cc(OCC)nc2cc1OC. The van der Waals surface area contributed by atoms with Crippen LogP contribution in [-0.4, -0.2) is 58.3 Å². The standard InChI is InChI=1S/C18H21BN2O5/c1-4-25-17-8-15(26-10-5-14(20-9-10)18(22)24-3)11-6-12(19)16(23-2)7-13(11)21-17/h6-8,10,14,20H,4-5,9H2,1-3H3/t10-,14+/m1/s1. The highest BCUT2D eigenvalue weighted by atomic mass is 16.5. The summed E-state index contributed by atoms with van der Waals surface area (Å²) in [6.07, 6.45) is 0.342. The molecule has 1 fully saturated rings. The number of ether oxygens (including phenoxy) is 4. The fourth-order valence-corrected chi connectivity index (χ4v) is 3.01. The molecule has 26 heavy (non-hydrogen) atoms. The lowest BCUT2D eigenvalue weighted by Crippen LogP contribution is -2.31. The van der Waals surface area contributed by atoms with E-state index in [-0.39, 0.29) is 18.1 Å². The minimum absolute atomic E-state index is 0.178. The van der Waals surface area contributed by atoms with Gasteiger partial charge in [-0.15, -0.1) is 0 Å². The first kappa shape index (κ1) is 18.3. The molecule has 8 heteroatoms. The van der Waals surface area contributed by atoms with Crippen molar-refractivity contribution in [1.29, 1.82) is 0 Å². The average molecular weight is 356 g/mol. The first-order valence-corrected chi connectivity index (χ1v) is 8.44. The normalized spacial score (nSPS) is 19.3. The summed E-state index contributed by atoms with van der Waals surface area (Å²) in [5.41, 5.74) is 1.15. The summed E-state index contributed by atoms with van der Waals surface area (Å²) in [7, 11) is 8.97. The summed E-state index contributed by atoms with van der Waals surface area (Å²) in [5, 5.41) is 3.86. The number of esters is 1. The second kappa shape index (κ2) is 7.82. The second-order valence-corrected chi connectivity index (χ2v) is 5.96. The average Bonchev–Trinajstić information content (AvgIpc) is 3.10. The van der Waals surface area contributed by atoms with Gasteiger partial charge < -0.3 is 24.3 Å². The van der Waals surface area contributed by atoms with Crippen LogP contribution in [0.3, 0.4) is 0 Å². The maximum atomic E-state index is 11.7. The van der Waals surface area contributed by atoms with Crippen LogP contribution in [0.25, 0.3) is 10.9 Å². The molecule has 1 N–H and O–H groups in total. The third-order valence-electron chi connectivity index (χ3n) is 4.26. The van der Waals surface area contributed by atoms with Crippen molar-refractivity contribution in [2.45, 2.75) is 25.5 Å². The molecule has 2 heterocycles. The molecule has 0 saturated carbocycles. The lowest BCUT2D eigenvalue weighted by atomic mass is 9.93. The van der Waals surface area contributed by atoms with Gasteiger partial charge in [-0.2, -0.15) is 0 Å². The van der Waals surface area contributed by atoms with Crippen molar-refractivity contribution < 1.29 is 23.7 Å². The Kier molecular flexibility index (Phi) is 5.51. The molecule has 2 aromatic rings. The predicted octanol–water partition coefficient (Wildman–Crippen LogP) is 0.718. The molecule has 1 aliphatic heterocycles. The smallest absolute Gasteiger partial charge is 0.323 e. The van der Waals surface area contributed by atoms with Gasteiger partial charge in [0.15, 0.2) is 0 Å². The highest BCUT2D eigenvalue weighted by molar-refractivity contribution is 6.35. The highest BCUT2D eigenvalue weighted by Crippen LogP contribution is 2.31. The zero-order chi connectivity index (χ0) is 18.7. The van der Waals surface area contributed by atoms with Crippen LogP contribution in [0.2, 0.25) is 0 Å². The van der Waals surface area contributed by atoms with Crippen molar-refractivity contribution >= 4 is 30.2 Å². The number of rotatable bonds is 6. The Hall–Kier alpha value is -2.48. The van der Waals surface area contributed by atoms with E-state index >= 15 is 0 Å². The topological polar surface area (TPSA) is 78.9 Å². The molecular weight excluding hydrogens is 335 g/mol. The van der Waals surface area contributed by atoms with E-state index in [0.29, 0.717) is 47.9 Å². The van der Waals surface area contributed by atoms with Crippen LogP contribution in [0.15, 0.2) is 18.2 Å². The van der Waals surface area contributed by atoms with E-state index < -0.39 is 0 Å². The molecule has 1 saturated heterocycles. The monoisotopic (exact) mass is 356 g/mol. The van der Waals surface area contributed by atoms with Crippen LogP contribution >= 0.6 is 0 Å². The lowest BCUT2D eigenvalue weighted by Gasteiger charge is -2.17.